The van der Waals surface area contributed by atoms with Gasteiger partial charge in [-0.1, -0.05) is 6.07 Å². The summed E-state index contributed by atoms with van der Waals surface area (Å²) < 4.78 is 27.4. The minimum atomic E-state index is -1.16. The summed E-state index contributed by atoms with van der Waals surface area (Å²) in [6.07, 6.45) is 2.35. The number of pyridine rings is 1. The van der Waals surface area contributed by atoms with Gasteiger partial charge < -0.3 is 10.0 Å². The third kappa shape index (κ3) is 3.65. The van der Waals surface area contributed by atoms with E-state index in [1.807, 2.05) is 17.0 Å². The van der Waals surface area contributed by atoms with E-state index in [9.17, 15) is 13.9 Å². The smallest absolute Gasteiger partial charge is 0.131 e. The fraction of sp³-hybridized carbons (Fsp3) is 0.353. The summed E-state index contributed by atoms with van der Waals surface area (Å²) >= 11 is 0. The zero-order valence-corrected chi connectivity index (χ0v) is 12.7. The number of benzene rings is 1. The Morgan fingerprint density at radius 2 is 1.61 bits per heavy atom. The van der Waals surface area contributed by atoms with Crippen LogP contribution in [-0.4, -0.2) is 47.7 Å². The molecule has 0 bridgehead atoms. The van der Waals surface area contributed by atoms with Crippen LogP contribution >= 0.6 is 0 Å². The van der Waals surface area contributed by atoms with Crippen molar-refractivity contribution in [3.63, 3.8) is 0 Å². The van der Waals surface area contributed by atoms with E-state index in [1.165, 1.54) is 18.2 Å². The van der Waals surface area contributed by atoms with Crippen molar-refractivity contribution in [1.82, 2.24) is 9.88 Å². The van der Waals surface area contributed by atoms with Gasteiger partial charge in [-0.25, -0.2) is 8.78 Å². The lowest BCUT2D eigenvalue weighted by Crippen LogP contribution is -2.47. The summed E-state index contributed by atoms with van der Waals surface area (Å²) in [5, 5.41) is 10.2. The van der Waals surface area contributed by atoms with Crippen molar-refractivity contribution >= 4 is 5.69 Å². The second-order valence-corrected chi connectivity index (χ2v) is 5.64. The van der Waals surface area contributed by atoms with Crippen LogP contribution in [0.4, 0.5) is 14.5 Å². The first-order chi connectivity index (χ1) is 11.1. The molecule has 1 fully saturated rings. The van der Waals surface area contributed by atoms with Crippen LogP contribution in [0.25, 0.3) is 0 Å². The molecule has 0 radical (unpaired) electrons. The van der Waals surface area contributed by atoms with Crippen molar-refractivity contribution in [3.8, 4) is 0 Å². The van der Waals surface area contributed by atoms with Crippen molar-refractivity contribution < 1.29 is 13.9 Å². The first-order valence-electron chi connectivity index (χ1n) is 7.64. The molecule has 0 spiro atoms. The number of aromatic nitrogens is 1. The molecule has 1 aromatic heterocycles. The van der Waals surface area contributed by atoms with Crippen molar-refractivity contribution in [2.24, 2.45) is 0 Å². The van der Waals surface area contributed by atoms with Gasteiger partial charge in [0.15, 0.2) is 0 Å². The van der Waals surface area contributed by atoms with Gasteiger partial charge in [-0.05, 0) is 24.3 Å². The van der Waals surface area contributed by atoms with Crippen molar-refractivity contribution in [3.05, 3.63) is 59.9 Å². The second-order valence-electron chi connectivity index (χ2n) is 5.64. The molecule has 0 amide bonds. The van der Waals surface area contributed by atoms with Crippen LogP contribution in [0, 0.1) is 11.6 Å². The molecule has 23 heavy (non-hydrogen) atoms. The molecule has 3 rings (SSSR count). The second kappa shape index (κ2) is 7.02. The van der Waals surface area contributed by atoms with Crippen LogP contribution in [0.2, 0.25) is 0 Å². The molecule has 1 unspecified atom stereocenters. The molecule has 1 saturated heterocycles. The highest BCUT2D eigenvalue weighted by atomic mass is 19.1. The number of β-amino-alcohol motifs (C(OH)–C–C–N with tert-alkyl or cyclic N) is 1. The zero-order chi connectivity index (χ0) is 16.2. The van der Waals surface area contributed by atoms with E-state index in [4.69, 9.17) is 0 Å². The monoisotopic (exact) mass is 319 g/mol. The lowest BCUT2D eigenvalue weighted by atomic mass is 10.1. The Morgan fingerprint density at radius 3 is 2.22 bits per heavy atom. The quantitative estimate of drug-likeness (QED) is 0.938. The molecule has 2 heterocycles. The van der Waals surface area contributed by atoms with E-state index in [1.54, 1.807) is 12.4 Å². The van der Waals surface area contributed by atoms with Gasteiger partial charge in [0.25, 0.3) is 0 Å². The maximum absolute atomic E-state index is 13.7. The Bertz CT molecular complexity index is 625. The fourth-order valence-corrected chi connectivity index (χ4v) is 2.91. The van der Waals surface area contributed by atoms with Crippen molar-refractivity contribution in [2.75, 3.05) is 37.6 Å². The number of nitrogens with zero attached hydrogens (tertiary/aromatic N) is 3. The van der Waals surface area contributed by atoms with E-state index in [0.29, 0.717) is 0 Å². The number of hydrogen-bond donors (Lipinski definition) is 1. The van der Waals surface area contributed by atoms with Crippen molar-refractivity contribution in [2.45, 2.75) is 6.10 Å². The van der Waals surface area contributed by atoms with Crippen LogP contribution < -0.4 is 4.90 Å². The Hall–Kier alpha value is -2.05. The largest absolute Gasteiger partial charge is 0.387 e. The first kappa shape index (κ1) is 15.8. The van der Waals surface area contributed by atoms with Gasteiger partial charge in [0, 0.05) is 50.8 Å². The molecule has 1 N–H and O–H groups in total. The molecule has 1 aliphatic heterocycles. The lowest BCUT2D eigenvalue weighted by molar-refractivity contribution is 0.103. The van der Waals surface area contributed by atoms with Gasteiger partial charge in [0.2, 0.25) is 0 Å². The topological polar surface area (TPSA) is 39.6 Å². The number of halogens is 2. The predicted octanol–water partition coefficient (Wildman–Crippen LogP) is 2.22. The minimum Gasteiger partial charge on any atom is -0.387 e. The standard InChI is InChI=1S/C17H19F2N3O/c18-14-2-1-3-15(19)17(14)16(23)12-21-8-10-22(11-9-21)13-4-6-20-7-5-13/h1-7,16,23H,8-12H2. The number of rotatable bonds is 4. The SMILES string of the molecule is OC(CN1CCN(c2ccncc2)CC1)c1c(F)cccc1F. The Morgan fingerprint density at radius 1 is 1.00 bits per heavy atom. The minimum absolute atomic E-state index is 0.224. The van der Waals surface area contributed by atoms with E-state index in [-0.39, 0.29) is 12.1 Å². The summed E-state index contributed by atoms with van der Waals surface area (Å²) in [6.45, 7) is 3.29. The summed E-state index contributed by atoms with van der Waals surface area (Å²) in [5.41, 5.74) is 0.865. The van der Waals surface area contributed by atoms with Gasteiger partial charge in [0.1, 0.15) is 11.6 Å². The molecule has 4 nitrogen and oxygen atoms in total. The third-order valence-electron chi connectivity index (χ3n) is 4.16. The highest BCUT2D eigenvalue weighted by Gasteiger charge is 2.23. The molecular formula is C17H19F2N3O. The number of aliphatic hydroxyl groups excluding tert-OH is 1. The van der Waals surface area contributed by atoms with Gasteiger partial charge in [-0.15, -0.1) is 0 Å². The van der Waals surface area contributed by atoms with Gasteiger partial charge in [-0.3, -0.25) is 9.88 Å². The number of hydrogen-bond acceptors (Lipinski definition) is 4. The molecule has 122 valence electrons. The Labute approximate surface area is 134 Å². The van der Waals surface area contributed by atoms with Gasteiger partial charge in [0.05, 0.1) is 11.7 Å². The summed E-state index contributed by atoms with van der Waals surface area (Å²) in [5.74, 6) is -1.40. The van der Waals surface area contributed by atoms with Crippen molar-refractivity contribution in [1.29, 1.82) is 0 Å². The average Bonchev–Trinajstić information content (AvgIpc) is 2.56. The lowest BCUT2D eigenvalue weighted by Gasteiger charge is -2.36. The van der Waals surface area contributed by atoms with E-state index in [0.717, 1.165) is 31.9 Å². The number of anilines is 1. The summed E-state index contributed by atoms with van der Waals surface area (Å²) in [4.78, 5) is 8.26. The summed E-state index contributed by atoms with van der Waals surface area (Å²) in [7, 11) is 0. The molecule has 1 atom stereocenters. The third-order valence-corrected chi connectivity index (χ3v) is 4.16. The summed E-state index contributed by atoms with van der Waals surface area (Å²) in [6, 6.07) is 7.55. The van der Waals surface area contributed by atoms with Crippen LogP contribution in [0.3, 0.4) is 0 Å². The first-order valence-corrected chi connectivity index (χ1v) is 7.64. The molecule has 1 aliphatic rings. The Balaban J connectivity index is 1.58. The predicted molar refractivity (Wildman–Crippen MR) is 84.2 cm³/mol. The van der Waals surface area contributed by atoms with Crippen LogP contribution in [0.15, 0.2) is 42.7 Å². The van der Waals surface area contributed by atoms with Crippen LogP contribution in [0.5, 0.6) is 0 Å². The number of aliphatic hydroxyl groups is 1. The van der Waals surface area contributed by atoms with E-state index in [2.05, 4.69) is 9.88 Å². The van der Waals surface area contributed by atoms with Gasteiger partial charge >= 0.3 is 0 Å². The Kier molecular flexibility index (Phi) is 4.83. The molecule has 6 heteroatoms. The molecule has 0 aliphatic carbocycles. The fourth-order valence-electron chi connectivity index (χ4n) is 2.91. The molecular weight excluding hydrogens is 300 g/mol. The van der Waals surface area contributed by atoms with Crippen LogP contribution in [0.1, 0.15) is 11.7 Å². The molecule has 1 aromatic carbocycles. The highest BCUT2D eigenvalue weighted by molar-refractivity contribution is 5.44. The molecule has 0 saturated carbocycles. The maximum atomic E-state index is 13.7. The number of piperazine rings is 1. The highest BCUT2D eigenvalue weighted by Crippen LogP contribution is 2.22. The maximum Gasteiger partial charge on any atom is 0.131 e. The zero-order valence-electron chi connectivity index (χ0n) is 12.7. The average molecular weight is 319 g/mol. The van der Waals surface area contributed by atoms with Gasteiger partial charge in [-0.2, -0.15) is 0 Å². The van der Waals surface area contributed by atoms with E-state index >= 15 is 0 Å². The normalized spacial score (nSPS) is 17.3. The van der Waals surface area contributed by atoms with E-state index < -0.39 is 17.7 Å². The van der Waals surface area contributed by atoms with Crippen LogP contribution in [-0.2, 0) is 0 Å². The molecule has 2 aromatic rings.